The number of rotatable bonds is 38. The van der Waals surface area contributed by atoms with Crippen molar-refractivity contribution in [3.63, 3.8) is 0 Å². The molecule has 7 N–H and O–H groups in total. The van der Waals surface area contributed by atoms with Crippen LogP contribution in [0.4, 0.5) is 0 Å². The number of carbonyl (C=O) groups is 1. The number of esters is 1. The minimum atomic E-state index is -1.70. The quantitative estimate of drug-likeness (QED) is 0.0275. The van der Waals surface area contributed by atoms with Crippen molar-refractivity contribution in [3.8, 4) is 0 Å². The second kappa shape index (κ2) is 35.4. The van der Waals surface area contributed by atoms with Crippen molar-refractivity contribution in [1.29, 1.82) is 0 Å². The molecule has 356 valence electrons. The maximum atomic E-state index is 12.9. The first-order valence-corrected chi connectivity index (χ1v) is 24.1. The Morgan fingerprint density at radius 1 is 0.483 bits per heavy atom. The summed E-state index contributed by atoms with van der Waals surface area (Å²) < 4.78 is 34.2. The number of carbonyl (C=O) groups excluding carboxylic acids is 1. The van der Waals surface area contributed by atoms with E-state index in [1.54, 1.807) is 0 Å². The van der Waals surface area contributed by atoms with Crippen LogP contribution in [-0.4, -0.2) is 142 Å². The van der Waals surface area contributed by atoms with E-state index in [4.69, 9.17) is 28.4 Å². The zero-order valence-corrected chi connectivity index (χ0v) is 37.5. The zero-order valence-electron chi connectivity index (χ0n) is 37.5. The lowest BCUT2D eigenvalue weighted by Crippen LogP contribution is -2.61. The van der Waals surface area contributed by atoms with E-state index in [-0.39, 0.29) is 25.6 Å². The molecule has 0 spiro atoms. The molecule has 0 amide bonds. The Morgan fingerprint density at radius 2 is 0.883 bits per heavy atom. The fourth-order valence-corrected chi connectivity index (χ4v) is 7.87. The van der Waals surface area contributed by atoms with Gasteiger partial charge in [-0.15, -0.1) is 0 Å². The highest BCUT2D eigenvalue weighted by Crippen LogP contribution is 2.26. The molecule has 14 heteroatoms. The predicted molar refractivity (Wildman–Crippen MR) is 229 cm³/mol. The van der Waals surface area contributed by atoms with Gasteiger partial charge in [0, 0.05) is 13.0 Å². The molecule has 0 aromatic carbocycles. The summed E-state index contributed by atoms with van der Waals surface area (Å²) >= 11 is 0. The molecule has 0 aromatic heterocycles. The van der Waals surface area contributed by atoms with Crippen LogP contribution in [-0.2, 0) is 33.2 Å². The molecule has 2 aliphatic rings. The van der Waals surface area contributed by atoms with E-state index in [1.165, 1.54) is 122 Å². The summed E-state index contributed by atoms with van der Waals surface area (Å²) in [5.41, 5.74) is 0. The summed E-state index contributed by atoms with van der Waals surface area (Å²) in [5, 5.41) is 71.9. The van der Waals surface area contributed by atoms with Crippen LogP contribution in [0.5, 0.6) is 0 Å². The predicted octanol–water partition coefficient (Wildman–Crippen LogP) is 6.13. The van der Waals surface area contributed by atoms with Crippen LogP contribution in [0.15, 0.2) is 0 Å². The monoisotopic (exact) mass is 865 g/mol. The van der Waals surface area contributed by atoms with Gasteiger partial charge in [0.1, 0.15) is 54.9 Å². The zero-order chi connectivity index (χ0) is 43.8. The van der Waals surface area contributed by atoms with Crippen molar-refractivity contribution in [2.45, 2.75) is 255 Å². The van der Waals surface area contributed by atoms with Gasteiger partial charge in [0.2, 0.25) is 0 Å². The lowest BCUT2D eigenvalue weighted by molar-refractivity contribution is -0.332. The number of unbranched alkanes of at least 4 members (excludes halogenated alkanes) is 24. The molecular formula is C46H88O14. The molecule has 11 unspecified atom stereocenters. The highest BCUT2D eigenvalue weighted by atomic mass is 16.7. The van der Waals surface area contributed by atoms with Crippen molar-refractivity contribution in [2.75, 3.05) is 33.0 Å². The number of hydrogen-bond acceptors (Lipinski definition) is 14. The summed E-state index contributed by atoms with van der Waals surface area (Å²) in [5.74, 6) is -0.374. The van der Waals surface area contributed by atoms with Crippen molar-refractivity contribution in [2.24, 2.45) is 0 Å². The van der Waals surface area contributed by atoms with Crippen LogP contribution in [0.1, 0.15) is 187 Å². The van der Waals surface area contributed by atoms with Gasteiger partial charge in [-0.25, -0.2) is 0 Å². The van der Waals surface area contributed by atoms with Gasteiger partial charge in [0.25, 0.3) is 0 Å². The molecule has 0 bridgehead atoms. The van der Waals surface area contributed by atoms with Gasteiger partial charge < -0.3 is 64.2 Å². The minimum Gasteiger partial charge on any atom is -0.457 e. The van der Waals surface area contributed by atoms with Crippen molar-refractivity contribution >= 4 is 5.97 Å². The number of aliphatic hydroxyl groups excluding tert-OH is 7. The van der Waals surface area contributed by atoms with E-state index in [2.05, 4.69) is 13.8 Å². The number of hydrogen-bond donors (Lipinski definition) is 7. The molecule has 2 rings (SSSR count). The molecule has 2 aliphatic heterocycles. The SMILES string of the molecule is CCCCCCCCCCCCCCCCCOCC(COC1OC(COC2OC(CO)C(O)C(O)C2O)C(O)C(O)C1O)OC(=O)CCCCCCCCCCCCC. The standard InChI is InChI=1S/C46H88O14/c1-3-5-7-9-11-13-15-16-17-18-20-22-24-26-28-30-55-32-35(58-38(48)29-27-25-23-21-19-14-12-10-8-6-4-2)33-56-45-44(54)42(52)40(50)37(60-45)34-57-46-43(53)41(51)39(49)36(31-47)59-46/h35-37,39-47,49-54H,3-34H2,1-2H3. The second-order valence-electron chi connectivity index (χ2n) is 17.3. The third-order valence-electron chi connectivity index (χ3n) is 11.9. The van der Waals surface area contributed by atoms with Crippen molar-refractivity contribution < 1.29 is 69.0 Å². The number of aliphatic hydroxyl groups is 7. The molecule has 60 heavy (non-hydrogen) atoms. The van der Waals surface area contributed by atoms with Gasteiger partial charge >= 0.3 is 5.97 Å². The molecule has 2 heterocycles. The van der Waals surface area contributed by atoms with E-state index in [9.17, 15) is 40.5 Å². The van der Waals surface area contributed by atoms with Gasteiger partial charge in [-0.05, 0) is 12.8 Å². The fourth-order valence-electron chi connectivity index (χ4n) is 7.87. The van der Waals surface area contributed by atoms with Crippen LogP contribution in [0.3, 0.4) is 0 Å². The Bertz CT molecular complexity index is 1010. The van der Waals surface area contributed by atoms with Crippen LogP contribution in [0, 0.1) is 0 Å². The topological polar surface area (TPSA) is 214 Å². The van der Waals surface area contributed by atoms with Gasteiger partial charge in [0.15, 0.2) is 12.6 Å². The van der Waals surface area contributed by atoms with Crippen LogP contribution < -0.4 is 0 Å². The Hall–Kier alpha value is -1.01. The molecule has 2 fully saturated rings. The van der Waals surface area contributed by atoms with Crippen molar-refractivity contribution in [1.82, 2.24) is 0 Å². The highest BCUT2D eigenvalue weighted by Gasteiger charge is 2.47. The molecule has 11 atom stereocenters. The molecule has 2 saturated heterocycles. The smallest absolute Gasteiger partial charge is 0.306 e. The highest BCUT2D eigenvalue weighted by molar-refractivity contribution is 5.69. The van der Waals surface area contributed by atoms with Gasteiger partial charge in [0.05, 0.1) is 26.4 Å². The third-order valence-corrected chi connectivity index (χ3v) is 11.9. The number of ether oxygens (including phenoxy) is 6. The average Bonchev–Trinajstić information content (AvgIpc) is 3.24. The lowest BCUT2D eigenvalue weighted by atomic mass is 9.98. The normalized spacial score (nSPS) is 27.6. The lowest BCUT2D eigenvalue weighted by Gasteiger charge is -2.42. The maximum absolute atomic E-state index is 12.9. The van der Waals surface area contributed by atoms with Crippen LogP contribution >= 0.6 is 0 Å². The maximum Gasteiger partial charge on any atom is 0.306 e. The second-order valence-corrected chi connectivity index (χ2v) is 17.3. The van der Waals surface area contributed by atoms with E-state index in [0.29, 0.717) is 13.0 Å². The largest absolute Gasteiger partial charge is 0.457 e. The van der Waals surface area contributed by atoms with Gasteiger partial charge in [-0.3, -0.25) is 4.79 Å². The van der Waals surface area contributed by atoms with Crippen LogP contribution in [0.2, 0.25) is 0 Å². The Morgan fingerprint density at radius 3 is 1.35 bits per heavy atom. The molecule has 0 radical (unpaired) electrons. The molecule has 0 saturated carbocycles. The molecule has 0 aliphatic carbocycles. The Kier molecular flexibility index (Phi) is 32.5. The first-order chi connectivity index (χ1) is 29.1. The Labute approximate surface area is 362 Å². The summed E-state index contributed by atoms with van der Waals surface area (Å²) in [6, 6.07) is 0. The summed E-state index contributed by atoms with van der Waals surface area (Å²) in [7, 11) is 0. The van der Waals surface area contributed by atoms with Gasteiger partial charge in [-0.1, -0.05) is 168 Å². The third kappa shape index (κ3) is 23.6. The first-order valence-electron chi connectivity index (χ1n) is 24.1. The fraction of sp³-hybridized carbons (Fsp3) is 0.978. The Balaban J connectivity index is 1.78. The average molecular weight is 865 g/mol. The summed E-state index contributed by atoms with van der Waals surface area (Å²) in [4.78, 5) is 12.9. The summed E-state index contributed by atoms with van der Waals surface area (Å²) in [6.45, 7) is 3.70. The first kappa shape index (κ1) is 55.1. The van der Waals surface area contributed by atoms with E-state index < -0.39 is 80.7 Å². The van der Waals surface area contributed by atoms with Gasteiger partial charge in [-0.2, -0.15) is 0 Å². The van der Waals surface area contributed by atoms with E-state index >= 15 is 0 Å². The van der Waals surface area contributed by atoms with E-state index in [1.807, 2.05) is 0 Å². The molecule has 14 nitrogen and oxygen atoms in total. The van der Waals surface area contributed by atoms with Crippen molar-refractivity contribution in [3.05, 3.63) is 0 Å². The summed E-state index contributed by atoms with van der Waals surface area (Å²) in [6.07, 6.45) is 16.0. The van der Waals surface area contributed by atoms with E-state index in [0.717, 1.165) is 38.5 Å². The van der Waals surface area contributed by atoms with Crippen LogP contribution in [0.25, 0.3) is 0 Å². The minimum absolute atomic E-state index is 0.0697. The molecule has 0 aromatic rings. The molecular weight excluding hydrogens is 776 g/mol.